The number of aromatic nitrogens is 1. The van der Waals surface area contributed by atoms with E-state index >= 15 is 0 Å². The van der Waals surface area contributed by atoms with E-state index in [2.05, 4.69) is 15.6 Å². The molecule has 3 rings (SSSR count). The molecule has 6 nitrogen and oxygen atoms in total. The van der Waals surface area contributed by atoms with Crippen molar-refractivity contribution in [2.45, 2.75) is 32.6 Å². The number of ether oxygens (including phenoxy) is 1. The van der Waals surface area contributed by atoms with E-state index in [4.69, 9.17) is 4.74 Å². The van der Waals surface area contributed by atoms with Gasteiger partial charge in [-0.1, -0.05) is 12.1 Å². The molecule has 0 aliphatic carbocycles. The van der Waals surface area contributed by atoms with E-state index in [1.165, 1.54) is 0 Å². The number of anilines is 2. The van der Waals surface area contributed by atoms with E-state index in [1.54, 1.807) is 18.3 Å². The lowest BCUT2D eigenvalue weighted by molar-refractivity contribution is -0.116. The Morgan fingerprint density at radius 2 is 2.24 bits per heavy atom. The van der Waals surface area contributed by atoms with Gasteiger partial charge in [-0.2, -0.15) is 0 Å². The smallest absolute Gasteiger partial charge is 0.237 e. The number of nitrogens with one attached hydrogen (secondary N) is 2. The molecule has 1 aromatic heterocycles. The second-order valence-electron chi connectivity index (χ2n) is 5.91. The number of pyridine rings is 1. The maximum Gasteiger partial charge on any atom is 0.237 e. The highest BCUT2D eigenvalue weighted by Gasteiger charge is 2.17. The van der Waals surface area contributed by atoms with Gasteiger partial charge in [-0.05, 0) is 49.1 Å². The van der Waals surface area contributed by atoms with E-state index < -0.39 is 0 Å². The van der Waals surface area contributed by atoms with Gasteiger partial charge in [0, 0.05) is 18.3 Å². The molecule has 2 heterocycles. The first-order chi connectivity index (χ1) is 12.2. The number of hydrogen-bond acceptors (Lipinski definition) is 4. The predicted molar refractivity (Wildman–Crippen MR) is 95.7 cm³/mol. The van der Waals surface area contributed by atoms with Crippen LogP contribution >= 0.6 is 0 Å². The highest BCUT2D eigenvalue weighted by Crippen LogP contribution is 2.25. The number of aryl methyl sites for hydroxylation is 1. The highest BCUT2D eigenvalue weighted by molar-refractivity contribution is 5.99. The van der Waals surface area contributed by atoms with E-state index in [9.17, 15) is 9.59 Å². The number of carbonyl (C=O) groups is 2. The van der Waals surface area contributed by atoms with Gasteiger partial charge in [0.1, 0.15) is 5.69 Å². The molecule has 0 saturated heterocycles. The molecule has 2 aromatic rings. The molecule has 25 heavy (non-hydrogen) atoms. The lowest BCUT2D eigenvalue weighted by atomic mass is 10.0. The number of fused-ring (bicyclic) bond motifs is 1. The third-order valence-electron chi connectivity index (χ3n) is 3.99. The number of benzene rings is 1. The maximum atomic E-state index is 12.1. The minimum absolute atomic E-state index is 0.0353. The number of amides is 2. The van der Waals surface area contributed by atoms with Crippen molar-refractivity contribution < 1.29 is 14.3 Å². The first-order valence-corrected chi connectivity index (χ1v) is 8.45. The van der Waals surface area contributed by atoms with Crippen molar-refractivity contribution in [3.8, 4) is 5.88 Å². The normalized spacial score (nSPS) is 12.4. The Balaban J connectivity index is 1.50. The van der Waals surface area contributed by atoms with Crippen LogP contribution in [0.4, 0.5) is 11.4 Å². The minimum Gasteiger partial charge on any atom is -0.476 e. The van der Waals surface area contributed by atoms with E-state index in [0.29, 0.717) is 31.0 Å². The zero-order chi connectivity index (χ0) is 17.6. The predicted octanol–water partition coefficient (Wildman–Crippen LogP) is 2.94. The van der Waals surface area contributed by atoms with Gasteiger partial charge >= 0.3 is 0 Å². The summed E-state index contributed by atoms with van der Waals surface area (Å²) in [5, 5.41) is 5.67. The second kappa shape index (κ2) is 7.79. The van der Waals surface area contributed by atoms with Crippen LogP contribution in [-0.4, -0.2) is 23.4 Å². The molecule has 0 fully saturated rings. The number of rotatable bonds is 7. The summed E-state index contributed by atoms with van der Waals surface area (Å²) in [5.74, 6) is 0.411. The SMILES string of the molecule is CCOc1ncccc1NC(=O)CCCc1ccc2c(c1)CC(=O)N2. The first-order valence-electron chi connectivity index (χ1n) is 8.45. The van der Waals surface area contributed by atoms with Crippen molar-refractivity contribution in [2.75, 3.05) is 17.2 Å². The summed E-state index contributed by atoms with van der Waals surface area (Å²) in [6.45, 7) is 2.37. The molecular weight excluding hydrogens is 318 g/mol. The number of nitrogens with zero attached hydrogens (tertiary/aromatic N) is 1. The van der Waals surface area contributed by atoms with Gasteiger partial charge in [0.25, 0.3) is 0 Å². The molecule has 0 saturated carbocycles. The zero-order valence-corrected chi connectivity index (χ0v) is 14.2. The third-order valence-corrected chi connectivity index (χ3v) is 3.99. The molecular formula is C19H21N3O3. The molecule has 0 unspecified atom stereocenters. The molecule has 6 heteroatoms. The summed E-state index contributed by atoms with van der Waals surface area (Å²) >= 11 is 0. The summed E-state index contributed by atoms with van der Waals surface area (Å²) in [6.07, 6.45) is 4.00. The van der Waals surface area contributed by atoms with Gasteiger partial charge < -0.3 is 15.4 Å². The summed E-state index contributed by atoms with van der Waals surface area (Å²) in [4.78, 5) is 27.6. The molecule has 0 radical (unpaired) electrons. The Labute approximate surface area is 146 Å². The molecule has 1 aliphatic heterocycles. The van der Waals surface area contributed by atoms with Crippen LogP contribution in [0.3, 0.4) is 0 Å². The Kier molecular flexibility index (Phi) is 5.28. The Bertz CT molecular complexity index is 789. The second-order valence-corrected chi connectivity index (χ2v) is 5.91. The minimum atomic E-state index is -0.0630. The van der Waals surface area contributed by atoms with Crippen molar-refractivity contribution in [3.05, 3.63) is 47.7 Å². The third kappa shape index (κ3) is 4.35. The summed E-state index contributed by atoms with van der Waals surface area (Å²) in [5.41, 5.74) is 3.66. The molecule has 0 bridgehead atoms. The van der Waals surface area contributed by atoms with Crippen LogP contribution in [0, 0.1) is 0 Å². The summed E-state index contributed by atoms with van der Waals surface area (Å²) < 4.78 is 5.40. The lowest BCUT2D eigenvalue weighted by Crippen LogP contribution is -2.13. The monoisotopic (exact) mass is 339 g/mol. The maximum absolute atomic E-state index is 12.1. The quantitative estimate of drug-likeness (QED) is 0.813. The van der Waals surface area contributed by atoms with Crippen molar-refractivity contribution in [3.63, 3.8) is 0 Å². The van der Waals surface area contributed by atoms with E-state index in [-0.39, 0.29) is 11.8 Å². The molecule has 0 atom stereocenters. The van der Waals surface area contributed by atoms with Crippen LogP contribution in [0.25, 0.3) is 0 Å². The van der Waals surface area contributed by atoms with Gasteiger partial charge in [0.05, 0.1) is 13.0 Å². The van der Waals surface area contributed by atoms with Crippen molar-refractivity contribution in [2.24, 2.45) is 0 Å². The van der Waals surface area contributed by atoms with Crippen LogP contribution in [0.2, 0.25) is 0 Å². The summed E-state index contributed by atoms with van der Waals surface area (Å²) in [7, 11) is 0. The van der Waals surface area contributed by atoms with Crippen LogP contribution in [0.1, 0.15) is 30.9 Å². The van der Waals surface area contributed by atoms with Gasteiger partial charge in [-0.25, -0.2) is 4.98 Å². The van der Waals surface area contributed by atoms with Crippen LogP contribution in [-0.2, 0) is 22.4 Å². The zero-order valence-electron chi connectivity index (χ0n) is 14.2. The van der Waals surface area contributed by atoms with Crippen LogP contribution in [0.15, 0.2) is 36.5 Å². The first kappa shape index (κ1) is 17.0. The van der Waals surface area contributed by atoms with Gasteiger partial charge in [0.15, 0.2) is 0 Å². The molecule has 0 spiro atoms. The topological polar surface area (TPSA) is 80.3 Å². The Morgan fingerprint density at radius 1 is 1.36 bits per heavy atom. The fourth-order valence-corrected chi connectivity index (χ4v) is 2.84. The number of hydrogen-bond donors (Lipinski definition) is 2. The molecule has 2 N–H and O–H groups in total. The Hall–Kier alpha value is -2.89. The van der Waals surface area contributed by atoms with Gasteiger partial charge in [-0.3, -0.25) is 9.59 Å². The Morgan fingerprint density at radius 3 is 3.08 bits per heavy atom. The van der Waals surface area contributed by atoms with Crippen molar-refractivity contribution in [1.82, 2.24) is 4.98 Å². The van der Waals surface area contributed by atoms with Crippen LogP contribution in [0.5, 0.6) is 5.88 Å². The lowest BCUT2D eigenvalue weighted by Gasteiger charge is -2.10. The van der Waals surface area contributed by atoms with E-state index in [1.807, 2.05) is 25.1 Å². The number of carbonyl (C=O) groups excluding carboxylic acids is 2. The average Bonchev–Trinajstić information content (AvgIpc) is 2.96. The molecule has 1 aromatic carbocycles. The standard InChI is InChI=1S/C19H21N3O3/c1-2-25-19-16(6-4-10-20-19)22-17(23)7-3-5-13-8-9-15-14(11-13)12-18(24)21-15/h4,6,8-11H,2-3,5,7,12H2,1H3,(H,21,24)(H,22,23). The van der Waals surface area contributed by atoms with Crippen molar-refractivity contribution >= 4 is 23.2 Å². The van der Waals surface area contributed by atoms with Gasteiger partial charge in [0.2, 0.25) is 17.7 Å². The largest absolute Gasteiger partial charge is 0.476 e. The fourth-order valence-electron chi connectivity index (χ4n) is 2.84. The molecule has 130 valence electrons. The van der Waals surface area contributed by atoms with Crippen molar-refractivity contribution in [1.29, 1.82) is 0 Å². The van der Waals surface area contributed by atoms with Gasteiger partial charge in [-0.15, -0.1) is 0 Å². The average molecular weight is 339 g/mol. The highest BCUT2D eigenvalue weighted by atomic mass is 16.5. The van der Waals surface area contributed by atoms with E-state index in [0.717, 1.165) is 29.7 Å². The fraction of sp³-hybridized carbons (Fsp3) is 0.316. The molecule has 2 amide bonds. The van der Waals surface area contributed by atoms with Crippen LogP contribution < -0.4 is 15.4 Å². The summed E-state index contributed by atoms with van der Waals surface area (Å²) in [6, 6.07) is 9.51. The molecule has 1 aliphatic rings.